The average molecular weight is 247 g/mol. The van der Waals surface area contributed by atoms with Gasteiger partial charge in [-0.1, -0.05) is 18.2 Å². The molecule has 0 unspecified atom stereocenters. The van der Waals surface area contributed by atoms with Gasteiger partial charge in [0.1, 0.15) is 18.2 Å². The zero-order chi connectivity index (χ0) is 13.0. The standard InChI is InChI=1S/C13H9FO2.CH5N/c14-10-5-6-12-13(7-10)16-11-4-2-1-3-9(11)8-15-12;1-2/h1-7H,8H2;2H2,1H3. The van der Waals surface area contributed by atoms with Gasteiger partial charge in [-0.3, -0.25) is 0 Å². The van der Waals surface area contributed by atoms with Crippen LogP contribution in [-0.2, 0) is 6.61 Å². The summed E-state index contributed by atoms with van der Waals surface area (Å²) >= 11 is 0. The van der Waals surface area contributed by atoms with Gasteiger partial charge in [0.25, 0.3) is 0 Å². The van der Waals surface area contributed by atoms with E-state index in [-0.39, 0.29) is 5.82 Å². The number of fused-ring (bicyclic) bond motifs is 2. The first-order valence-electron chi connectivity index (χ1n) is 5.59. The molecular formula is C14H14FNO2. The second-order valence-electron chi connectivity index (χ2n) is 3.59. The largest absolute Gasteiger partial charge is 0.485 e. The summed E-state index contributed by atoms with van der Waals surface area (Å²) in [4.78, 5) is 0. The fourth-order valence-electron chi connectivity index (χ4n) is 1.68. The van der Waals surface area contributed by atoms with Gasteiger partial charge in [-0.15, -0.1) is 0 Å². The van der Waals surface area contributed by atoms with Crippen LogP contribution in [-0.4, -0.2) is 7.05 Å². The predicted molar refractivity (Wildman–Crippen MR) is 67.4 cm³/mol. The number of hydrogen-bond donors (Lipinski definition) is 1. The Hall–Kier alpha value is -2.07. The number of nitrogens with two attached hydrogens (primary N) is 1. The first kappa shape index (κ1) is 12.4. The van der Waals surface area contributed by atoms with Crippen molar-refractivity contribution >= 4 is 0 Å². The lowest BCUT2D eigenvalue weighted by Gasteiger charge is -2.06. The van der Waals surface area contributed by atoms with Crippen molar-refractivity contribution in [2.75, 3.05) is 7.05 Å². The van der Waals surface area contributed by atoms with Crippen molar-refractivity contribution < 1.29 is 13.9 Å². The molecule has 2 N–H and O–H groups in total. The van der Waals surface area contributed by atoms with Gasteiger partial charge in [-0.05, 0) is 25.2 Å². The number of benzene rings is 2. The Morgan fingerprint density at radius 3 is 2.61 bits per heavy atom. The van der Waals surface area contributed by atoms with Crippen molar-refractivity contribution in [1.82, 2.24) is 0 Å². The molecule has 0 bridgehead atoms. The van der Waals surface area contributed by atoms with Gasteiger partial charge in [0, 0.05) is 11.6 Å². The summed E-state index contributed by atoms with van der Waals surface area (Å²) in [5, 5.41) is 0. The highest BCUT2D eigenvalue weighted by Gasteiger charge is 2.15. The Balaban J connectivity index is 0.000000574. The molecule has 0 saturated carbocycles. The molecule has 3 nitrogen and oxygen atoms in total. The Morgan fingerprint density at radius 1 is 1.00 bits per heavy atom. The summed E-state index contributed by atoms with van der Waals surface area (Å²) in [6.07, 6.45) is 0. The lowest BCUT2D eigenvalue weighted by atomic mass is 10.2. The first-order chi connectivity index (χ1) is 8.83. The van der Waals surface area contributed by atoms with E-state index < -0.39 is 0 Å². The second kappa shape index (κ2) is 5.51. The van der Waals surface area contributed by atoms with Gasteiger partial charge in [0.15, 0.2) is 11.5 Å². The van der Waals surface area contributed by atoms with Crippen LogP contribution in [0.5, 0.6) is 17.2 Å². The van der Waals surface area contributed by atoms with Crippen LogP contribution in [0.15, 0.2) is 42.5 Å². The van der Waals surface area contributed by atoms with Crippen molar-refractivity contribution in [3.05, 3.63) is 53.8 Å². The summed E-state index contributed by atoms with van der Waals surface area (Å²) in [5.41, 5.74) is 5.46. The van der Waals surface area contributed by atoms with E-state index in [1.54, 1.807) is 6.07 Å². The van der Waals surface area contributed by atoms with E-state index in [1.165, 1.54) is 19.2 Å². The fraction of sp³-hybridized carbons (Fsp3) is 0.143. The van der Waals surface area contributed by atoms with E-state index in [4.69, 9.17) is 9.47 Å². The van der Waals surface area contributed by atoms with Gasteiger partial charge < -0.3 is 15.2 Å². The summed E-state index contributed by atoms with van der Waals surface area (Å²) in [5.74, 6) is 1.37. The van der Waals surface area contributed by atoms with Gasteiger partial charge in [-0.25, -0.2) is 4.39 Å². The van der Waals surface area contributed by atoms with Gasteiger partial charge >= 0.3 is 0 Å². The Bertz CT molecular complexity index is 543. The highest BCUT2D eigenvalue weighted by molar-refractivity contribution is 5.47. The molecule has 1 aliphatic heterocycles. The maximum atomic E-state index is 13.1. The molecule has 0 saturated heterocycles. The SMILES string of the molecule is CN.Fc1ccc2c(c1)Oc1ccccc1CO2. The molecule has 1 aliphatic rings. The highest BCUT2D eigenvalue weighted by Crippen LogP contribution is 2.37. The van der Waals surface area contributed by atoms with Gasteiger partial charge in [0.2, 0.25) is 0 Å². The summed E-state index contributed by atoms with van der Waals surface area (Å²) in [7, 11) is 1.50. The van der Waals surface area contributed by atoms with Crippen LogP contribution in [0.4, 0.5) is 4.39 Å². The molecule has 0 fully saturated rings. The van der Waals surface area contributed by atoms with Crippen LogP contribution < -0.4 is 15.2 Å². The van der Waals surface area contributed by atoms with Gasteiger partial charge in [-0.2, -0.15) is 0 Å². The minimum absolute atomic E-state index is 0.332. The molecule has 0 spiro atoms. The summed E-state index contributed by atoms with van der Waals surface area (Å²) in [6.45, 7) is 0.439. The molecule has 1 heterocycles. The first-order valence-corrected chi connectivity index (χ1v) is 5.59. The van der Waals surface area contributed by atoms with E-state index in [2.05, 4.69) is 5.73 Å². The van der Waals surface area contributed by atoms with Crippen molar-refractivity contribution in [2.45, 2.75) is 6.61 Å². The van der Waals surface area contributed by atoms with E-state index >= 15 is 0 Å². The molecular weight excluding hydrogens is 233 g/mol. The third-order valence-corrected chi connectivity index (χ3v) is 2.48. The molecule has 2 aromatic carbocycles. The quantitative estimate of drug-likeness (QED) is 0.778. The van der Waals surface area contributed by atoms with Crippen LogP contribution in [0.1, 0.15) is 5.56 Å². The third-order valence-electron chi connectivity index (χ3n) is 2.48. The Morgan fingerprint density at radius 2 is 1.78 bits per heavy atom. The average Bonchev–Trinajstić information content (AvgIpc) is 2.59. The van der Waals surface area contributed by atoms with E-state index in [1.807, 2.05) is 24.3 Å². The number of ether oxygens (including phenoxy) is 2. The molecule has 0 aliphatic carbocycles. The van der Waals surface area contributed by atoms with Crippen LogP contribution in [0.25, 0.3) is 0 Å². The Kier molecular flexibility index (Phi) is 3.79. The number of rotatable bonds is 0. The molecule has 0 atom stereocenters. The lowest BCUT2D eigenvalue weighted by molar-refractivity contribution is 0.306. The monoisotopic (exact) mass is 247 g/mol. The summed E-state index contributed by atoms with van der Waals surface area (Å²) < 4.78 is 24.2. The molecule has 4 heteroatoms. The highest BCUT2D eigenvalue weighted by atomic mass is 19.1. The minimum Gasteiger partial charge on any atom is -0.485 e. The molecule has 18 heavy (non-hydrogen) atoms. The maximum absolute atomic E-state index is 13.1. The van der Waals surface area contributed by atoms with Crippen LogP contribution >= 0.6 is 0 Å². The molecule has 0 radical (unpaired) electrons. The predicted octanol–water partition coefficient (Wildman–Crippen LogP) is 3.09. The zero-order valence-electron chi connectivity index (χ0n) is 10.0. The van der Waals surface area contributed by atoms with Crippen LogP contribution in [0, 0.1) is 5.82 Å². The second-order valence-corrected chi connectivity index (χ2v) is 3.59. The Labute approximate surface area is 105 Å². The third kappa shape index (κ3) is 2.43. The number of para-hydroxylation sites is 1. The van der Waals surface area contributed by atoms with Crippen molar-refractivity contribution in [3.8, 4) is 17.2 Å². The smallest absolute Gasteiger partial charge is 0.172 e. The number of hydrogen-bond acceptors (Lipinski definition) is 3. The summed E-state index contributed by atoms with van der Waals surface area (Å²) in [6, 6.07) is 11.8. The van der Waals surface area contributed by atoms with E-state index in [0.717, 1.165) is 5.56 Å². The van der Waals surface area contributed by atoms with Crippen molar-refractivity contribution in [3.63, 3.8) is 0 Å². The van der Waals surface area contributed by atoms with Crippen molar-refractivity contribution in [1.29, 1.82) is 0 Å². The minimum atomic E-state index is -0.332. The number of halogens is 1. The maximum Gasteiger partial charge on any atom is 0.172 e. The van der Waals surface area contributed by atoms with E-state index in [9.17, 15) is 4.39 Å². The van der Waals surface area contributed by atoms with E-state index in [0.29, 0.717) is 23.9 Å². The van der Waals surface area contributed by atoms with Crippen LogP contribution in [0.2, 0.25) is 0 Å². The fourth-order valence-corrected chi connectivity index (χ4v) is 1.68. The van der Waals surface area contributed by atoms with Gasteiger partial charge in [0.05, 0.1) is 0 Å². The normalized spacial score (nSPS) is 11.7. The van der Waals surface area contributed by atoms with Crippen molar-refractivity contribution in [2.24, 2.45) is 5.73 Å². The molecule has 3 rings (SSSR count). The topological polar surface area (TPSA) is 44.5 Å². The molecule has 0 amide bonds. The molecule has 94 valence electrons. The molecule has 0 aromatic heterocycles. The zero-order valence-corrected chi connectivity index (χ0v) is 10.0. The lowest BCUT2D eigenvalue weighted by Crippen LogP contribution is -1.92. The molecule has 2 aromatic rings. The van der Waals surface area contributed by atoms with Crippen LogP contribution in [0.3, 0.4) is 0 Å².